The monoisotopic (exact) mass is 312 g/mol. The number of rotatable bonds is 2. The van der Waals surface area contributed by atoms with E-state index in [1.54, 1.807) is 11.1 Å². The highest BCUT2D eigenvalue weighted by atomic mass is 32.2. The van der Waals surface area contributed by atoms with E-state index >= 15 is 0 Å². The fourth-order valence-corrected chi connectivity index (χ4v) is 5.97. The SMILES string of the molecule is CC1=C(C2=CC(C(C)C)=CC2)C2=c3cc(C)sc3=CC2S1. The molecule has 1 atom stereocenters. The first-order chi connectivity index (χ1) is 10.0. The van der Waals surface area contributed by atoms with Gasteiger partial charge in [-0.1, -0.05) is 26.0 Å². The Bertz CT molecular complexity index is 841. The highest BCUT2D eigenvalue weighted by Crippen LogP contribution is 2.48. The van der Waals surface area contributed by atoms with E-state index in [2.05, 4.69) is 52.0 Å². The fourth-order valence-electron chi connectivity index (χ4n) is 3.57. The second-order valence-electron chi connectivity index (χ2n) is 6.42. The molecule has 2 heterocycles. The van der Waals surface area contributed by atoms with Gasteiger partial charge in [-0.2, -0.15) is 0 Å². The lowest BCUT2D eigenvalue weighted by molar-refractivity contribution is 0.793. The topological polar surface area (TPSA) is 0 Å². The van der Waals surface area contributed by atoms with Crippen LogP contribution >= 0.6 is 23.1 Å². The van der Waals surface area contributed by atoms with Gasteiger partial charge in [0.1, 0.15) is 0 Å². The van der Waals surface area contributed by atoms with Crippen LogP contribution in [-0.2, 0) is 0 Å². The maximum absolute atomic E-state index is 2.47. The first-order valence-electron chi connectivity index (χ1n) is 7.66. The first kappa shape index (κ1) is 13.7. The molecular weight excluding hydrogens is 292 g/mol. The largest absolute Gasteiger partial charge is 0.141 e. The van der Waals surface area contributed by atoms with E-state index in [4.69, 9.17) is 0 Å². The molecule has 21 heavy (non-hydrogen) atoms. The molecule has 2 aliphatic carbocycles. The van der Waals surface area contributed by atoms with Crippen molar-refractivity contribution in [3.63, 3.8) is 0 Å². The van der Waals surface area contributed by atoms with Crippen LogP contribution in [0.2, 0.25) is 0 Å². The summed E-state index contributed by atoms with van der Waals surface area (Å²) in [5.74, 6) is 0.632. The molecule has 108 valence electrons. The minimum Gasteiger partial charge on any atom is -0.141 e. The summed E-state index contributed by atoms with van der Waals surface area (Å²) in [5.41, 5.74) is 6.17. The first-order valence-corrected chi connectivity index (χ1v) is 9.35. The summed E-state index contributed by atoms with van der Waals surface area (Å²) in [5, 5.41) is 2.06. The highest BCUT2D eigenvalue weighted by Gasteiger charge is 2.33. The Kier molecular flexibility index (Phi) is 3.09. The molecule has 0 saturated carbocycles. The van der Waals surface area contributed by atoms with Crippen molar-refractivity contribution >= 4 is 34.7 Å². The molecule has 0 nitrogen and oxygen atoms in total. The fraction of sp³-hybridized carbons (Fsp3) is 0.368. The van der Waals surface area contributed by atoms with Gasteiger partial charge in [-0.15, -0.1) is 23.1 Å². The van der Waals surface area contributed by atoms with E-state index in [0.29, 0.717) is 11.2 Å². The van der Waals surface area contributed by atoms with Crippen molar-refractivity contribution < 1.29 is 0 Å². The van der Waals surface area contributed by atoms with Crippen LogP contribution in [0.25, 0.3) is 11.6 Å². The van der Waals surface area contributed by atoms with Gasteiger partial charge in [0.2, 0.25) is 0 Å². The zero-order valence-corrected chi connectivity index (χ0v) is 14.6. The van der Waals surface area contributed by atoms with Gasteiger partial charge < -0.3 is 0 Å². The van der Waals surface area contributed by atoms with Crippen LogP contribution in [0, 0.1) is 12.8 Å². The Balaban J connectivity index is 1.86. The molecule has 1 aliphatic heterocycles. The number of aryl methyl sites for hydroxylation is 1. The predicted molar refractivity (Wildman–Crippen MR) is 95.9 cm³/mol. The molecule has 0 fully saturated rings. The summed E-state index contributed by atoms with van der Waals surface area (Å²) in [6.07, 6.45) is 8.43. The van der Waals surface area contributed by atoms with Crippen LogP contribution in [0.4, 0.5) is 0 Å². The van der Waals surface area contributed by atoms with Gasteiger partial charge in [-0.3, -0.25) is 0 Å². The Morgan fingerprint density at radius 1 is 1.24 bits per heavy atom. The van der Waals surface area contributed by atoms with Crippen LogP contribution in [0.1, 0.15) is 32.1 Å². The lowest BCUT2D eigenvalue weighted by atomic mass is 9.94. The summed E-state index contributed by atoms with van der Waals surface area (Å²) in [6, 6.07) is 2.39. The molecule has 0 N–H and O–H groups in total. The molecule has 0 aromatic carbocycles. The van der Waals surface area contributed by atoms with Gasteiger partial charge in [-0.05, 0) is 70.7 Å². The van der Waals surface area contributed by atoms with Crippen molar-refractivity contribution in [3.05, 3.63) is 54.5 Å². The maximum atomic E-state index is 2.47. The quantitative estimate of drug-likeness (QED) is 0.784. The number of thiophene rings is 1. The van der Waals surface area contributed by atoms with Gasteiger partial charge in [0.05, 0.1) is 5.25 Å². The molecule has 4 rings (SSSR count). The van der Waals surface area contributed by atoms with Crippen molar-refractivity contribution in [2.24, 2.45) is 5.92 Å². The maximum Gasteiger partial charge on any atom is 0.0550 e. The number of hydrogen-bond acceptors (Lipinski definition) is 2. The third-order valence-corrected chi connectivity index (χ3v) is 6.77. The number of allylic oxidation sites excluding steroid dienone is 6. The lowest BCUT2D eigenvalue weighted by Gasteiger charge is -2.09. The molecule has 2 heteroatoms. The smallest absolute Gasteiger partial charge is 0.0550 e. The summed E-state index contributed by atoms with van der Waals surface area (Å²) in [6.45, 7) is 9.09. The number of fused-ring (bicyclic) bond motifs is 2. The Morgan fingerprint density at radius 3 is 2.76 bits per heavy atom. The predicted octanol–water partition coefficient (Wildman–Crippen LogP) is 4.30. The minimum atomic E-state index is 0.561. The van der Waals surface area contributed by atoms with Crippen molar-refractivity contribution in [1.82, 2.24) is 0 Å². The summed E-state index contributed by atoms with van der Waals surface area (Å²) in [7, 11) is 0. The summed E-state index contributed by atoms with van der Waals surface area (Å²) in [4.78, 5) is 2.93. The average Bonchev–Trinajstić information content (AvgIpc) is 3.10. The van der Waals surface area contributed by atoms with Crippen LogP contribution in [0.3, 0.4) is 0 Å². The van der Waals surface area contributed by atoms with E-state index in [9.17, 15) is 0 Å². The second-order valence-corrected chi connectivity index (χ2v) is 9.06. The number of thioether (sulfide) groups is 1. The molecule has 0 saturated heterocycles. The Hall–Kier alpha value is -0.990. The van der Waals surface area contributed by atoms with Crippen LogP contribution in [-0.4, -0.2) is 5.25 Å². The lowest BCUT2D eigenvalue weighted by Crippen LogP contribution is -2.16. The van der Waals surface area contributed by atoms with Gasteiger partial charge in [0, 0.05) is 9.41 Å². The Labute approximate surface area is 134 Å². The van der Waals surface area contributed by atoms with Crippen molar-refractivity contribution in [3.8, 4) is 0 Å². The normalized spacial score (nSPS) is 23.5. The van der Waals surface area contributed by atoms with E-state index in [0.717, 1.165) is 6.42 Å². The van der Waals surface area contributed by atoms with Crippen molar-refractivity contribution in [2.45, 2.75) is 39.4 Å². The molecule has 1 aromatic rings. The standard InChI is InChI=1S/C19H20S2/c1-10(2)13-5-6-14(8-13)18-12(4)21-17-9-16-15(19(17)18)7-11(3)20-16/h5,7-10,17H,6H2,1-4H3. The molecule has 1 aromatic heterocycles. The molecule has 0 amide bonds. The van der Waals surface area contributed by atoms with E-state index in [1.807, 2.05) is 23.1 Å². The third-order valence-electron chi connectivity index (χ3n) is 4.57. The summed E-state index contributed by atoms with van der Waals surface area (Å²) >= 11 is 3.98. The average molecular weight is 313 g/mol. The zero-order chi connectivity index (χ0) is 14.7. The molecule has 0 spiro atoms. The van der Waals surface area contributed by atoms with E-state index in [1.165, 1.54) is 30.7 Å². The van der Waals surface area contributed by atoms with Gasteiger partial charge in [-0.25, -0.2) is 0 Å². The van der Waals surface area contributed by atoms with Crippen molar-refractivity contribution in [2.75, 3.05) is 0 Å². The van der Waals surface area contributed by atoms with Gasteiger partial charge in [0.25, 0.3) is 0 Å². The molecular formula is C19H20S2. The Morgan fingerprint density at radius 2 is 2.05 bits per heavy atom. The number of hydrogen-bond donors (Lipinski definition) is 0. The molecule has 0 bridgehead atoms. The minimum absolute atomic E-state index is 0.561. The molecule has 1 unspecified atom stereocenters. The molecule has 0 radical (unpaired) electrons. The van der Waals surface area contributed by atoms with Gasteiger partial charge in [0.15, 0.2) is 0 Å². The zero-order valence-electron chi connectivity index (χ0n) is 13.0. The van der Waals surface area contributed by atoms with Crippen LogP contribution in [0.15, 0.2) is 39.8 Å². The van der Waals surface area contributed by atoms with Gasteiger partial charge >= 0.3 is 0 Å². The summed E-state index contributed by atoms with van der Waals surface area (Å²) < 4.78 is 1.49. The second kappa shape index (κ2) is 4.76. The van der Waals surface area contributed by atoms with Crippen LogP contribution in [0.5, 0.6) is 0 Å². The van der Waals surface area contributed by atoms with Crippen LogP contribution < -0.4 is 9.75 Å². The van der Waals surface area contributed by atoms with Crippen molar-refractivity contribution in [1.29, 1.82) is 0 Å². The van der Waals surface area contributed by atoms with E-state index < -0.39 is 0 Å². The third kappa shape index (κ3) is 2.03. The highest BCUT2D eigenvalue weighted by molar-refractivity contribution is 8.04. The molecule has 3 aliphatic rings. The van der Waals surface area contributed by atoms with E-state index in [-0.39, 0.29) is 0 Å².